The second-order valence-electron chi connectivity index (χ2n) is 4.64. The number of nitrogens with one attached hydrogen (secondary N) is 2. The first-order chi connectivity index (χ1) is 8.79. The molecule has 98 valence electrons. The second-order valence-corrected chi connectivity index (χ2v) is 4.64. The number of hydrogen-bond donors (Lipinski definition) is 2. The van der Waals surface area contributed by atoms with Gasteiger partial charge < -0.3 is 15.1 Å². The van der Waals surface area contributed by atoms with Gasteiger partial charge in [0.15, 0.2) is 0 Å². The van der Waals surface area contributed by atoms with E-state index in [4.69, 9.17) is 4.42 Å². The number of hydrogen-bond acceptors (Lipinski definition) is 3. The highest BCUT2D eigenvalue weighted by Crippen LogP contribution is 2.20. The summed E-state index contributed by atoms with van der Waals surface area (Å²) in [6.07, 6.45) is 1.15. The van der Waals surface area contributed by atoms with E-state index in [0.29, 0.717) is 0 Å². The molecule has 0 aliphatic heterocycles. The van der Waals surface area contributed by atoms with Crippen molar-refractivity contribution in [3.8, 4) is 0 Å². The highest BCUT2D eigenvalue weighted by Gasteiger charge is 2.02. The molecule has 2 aromatic rings. The third-order valence-corrected chi connectivity index (χ3v) is 2.98. The van der Waals surface area contributed by atoms with E-state index < -0.39 is 0 Å². The minimum Gasteiger partial charge on any atom is -0.460 e. The van der Waals surface area contributed by atoms with Crippen LogP contribution >= 0.6 is 0 Å². The monoisotopic (exact) mass is 246 g/mol. The smallest absolute Gasteiger partial charge is 0.134 e. The summed E-state index contributed by atoms with van der Waals surface area (Å²) in [7, 11) is 0. The van der Waals surface area contributed by atoms with Gasteiger partial charge in [0.25, 0.3) is 0 Å². The van der Waals surface area contributed by atoms with E-state index >= 15 is 0 Å². The summed E-state index contributed by atoms with van der Waals surface area (Å²) in [5, 5.41) is 7.91. The highest BCUT2D eigenvalue weighted by molar-refractivity contribution is 5.78. The lowest BCUT2D eigenvalue weighted by Crippen LogP contribution is -2.21. The van der Waals surface area contributed by atoms with Gasteiger partial charge in [-0.1, -0.05) is 18.6 Å². The van der Waals surface area contributed by atoms with Crippen LogP contribution in [0.1, 0.15) is 24.7 Å². The minimum atomic E-state index is 0.805. The molecular weight excluding hydrogens is 224 g/mol. The molecule has 0 unspecified atom stereocenters. The molecule has 18 heavy (non-hydrogen) atoms. The highest BCUT2D eigenvalue weighted by atomic mass is 16.3. The Bertz CT molecular complexity index is 490. The van der Waals surface area contributed by atoms with Gasteiger partial charge >= 0.3 is 0 Å². The molecule has 0 aliphatic rings. The zero-order chi connectivity index (χ0) is 12.8. The van der Waals surface area contributed by atoms with Crippen LogP contribution in [0, 0.1) is 6.92 Å². The van der Waals surface area contributed by atoms with Crippen LogP contribution in [0.3, 0.4) is 0 Å². The SMILES string of the molecule is CCNCCCNCc1cc2cc(C)ccc2o1. The molecule has 3 heteroatoms. The molecule has 0 saturated heterocycles. The summed E-state index contributed by atoms with van der Waals surface area (Å²) in [6, 6.07) is 8.41. The van der Waals surface area contributed by atoms with Gasteiger partial charge in [0.05, 0.1) is 6.54 Å². The van der Waals surface area contributed by atoms with Crippen molar-refractivity contribution >= 4 is 11.0 Å². The normalized spacial score (nSPS) is 11.2. The first-order valence-electron chi connectivity index (χ1n) is 6.70. The van der Waals surface area contributed by atoms with Crippen molar-refractivity contribution in [2.45, 2.75) is 26.8 Å². The van der Waals surface area contributed by atoms with E-state index in [9.17, 15) is 0 Å². The van der Waals surface area contributed by atoms with Gasteiger partial charge in [-0.05, 0) is 51.2 Å². The number of fused-ring (bicyclic) bond motifs is 1. The van der Waals surface area contributed by atoms with E-state index in [2.05, 4.69) is 42.7 Å². The van der Waals surface area contributed by atoms with Crippen molar-refractivity contribution in [3.63, 3.8) is 0 Å². The van der Waals surface area contributed by atoms with Gasteiger partial charge in [-0.3, -0.25) is 0 Å². The largest absolute Gasteiger partial charge is 0.460 e. The van der Waals surface area contributed by atoms with Crippen LogP contribution in [0.15, 0.2) is 28.7 Å². The Hall–Kier alpha value is -1.32. The lowest BCUT2D eigenvalue weighted by molar-refractivity contribution is 0.506. The van der Waals surface area contributed by atoms with Crippen molar-refractivity contribution in [3.05, 3.63) is 35.6 Å². The standard InChI is InChI=1S/C15H22N2O/c1-3-16-7-4-8-17-11-14-10-13-9-12(2)5-6-15(13)18-14/h5-6,9-10,16-17H,3-4,7-8,11H2,1-2H3. The van der Waals surface area contributed by atoms with Gasteiger partial charge in [-0.25, -0.2) is 0 Å². The predicted molar refractivity (Wildman–Crippen MR) is 75.8 cm³/mol. The Morgan fingerprint density at radius 1 is 1.11 bits per heavy atom. The summed E-state index contributed by atoms with van der Waals surface area (Å²) < 4.78 is 5.77. The molecular formula is C15H22N2O. The van der Waals surface area contributed by atoms with Gasteiger partial charge in [0, 0.05) is 5.39 Å². The maximum absolute atomic E-state index is 5.77. The first-order valence-corrected chi connectivity index (χ1v) is 6.70. The topological polar surface area (TPSA) is 37.2 Å². The van der Waals surface area contributed by atoms with E-state index in [1.54, 1.807) is 0 Å². The maximum Gasteiger partial charge on any atom is 0.134 e. The fourth-order valence-electron chi connectivity index (χ4n) is 2.03. The Kier molecular flexibility index (Phi) is 4.79. The van der Waals surface area contributed by atoms with Crippen molar-refractivity contribution in [1.82, 2.24) is 10.6 Å². The quantitative estimate of drug-likeness (QED) is 0.738. The van der Waals surface area contributed by atoms with Gasteiger partial charge in [-0.15, -0.1) is 0 Å². The molecule has 1 aromatic heterocycles. The number of benzene rings is 1. The van der Waals surface area contributed by atoms with E-state index in [1.165, 1.54) is 10.9 Å². The first kappa shape index (κ1) is 13.1. The molecule has 1 aromatic carbocycles. The summed E-state index contributed by atoms with van der Waals surface area (Å²) >= 11 is 0. The minimum absolute atomic E-state index is 0.805. The summed E-state index contributed by atoms with van der Waals surface area (Å²) in [5.41, 5.74) is 2.25. The maximum atomic E-state index is 5.77. The van der Waals surface area contributed by atoms with Crippen molar-refractivity contribution in [2.24, 2.45) is 0 Å². The van der Waals surface area contributed by atoms with E-state index in [1.807, 2.05) is 6.07 Å². The van der Waals surface area contributed by atoms with Crippen LogP contribution in [0.25, 0.3) is 11.0 Å². The number of furan rings is 1. The molecule has 0 saturated carbocycles. The summed E-state index contributed by atoms with van der Waals surface area (Å²) in [5.74, 6) is 1.01. The van der Waals surface area contributed by atoms with Crippen LogP contribution in [-0.4, -0.2) is 19.6 Å². The second kappa shape index (κ2) is 6.57. The molecule has 1 heterocycles. The molecule has 2 rings (SSSR count). The zero-order valence-electron chi connectivity index (χ0n) is 11.3. The molecule has 3 nitrogen and oxygen atoms in total. The molecule has 0 aliphatic carbocycles. The van der Waals surface area contributed by atoms with Gasteiger partial charge in [-0.2, -0.15) is 0 Å². The molecule has 0 atom stereocenters. The lowest BCUT2D eigenvalue weighted by Gasteiger charge is -2.02. The van der Waals surface area contributed by atoms with Gasteiger partial charge in [0.2, 0.25) is 0 Å². The van der Waals surface area contributed by atoms with Crippen LogP contribution in [0.2, 0.25) is 0 Å². The van der Waals surface area contributed by atoms with Crippen molar-refractivity contribution < 1.29 is 4.42 Å². The Balaban J connectivity index is 1.81. The van der Waals surface area contributed by atoms with E-state index in [0.717, 1.165) is 43.9 Å². The van der Waals surface area contributed by atoms with Crippen LogP contribution in [-0.2, 0) is 6.54 Å². The molecule has 0 amide bonds. The Labute approximate surface area is 109 Å². The summed E-state index contributed by atoms with van der Waals surface area (Å²) in [4.78, 5) is 0. The molecule has 0 spiro atoms. The third kappa shape index (κ3) is 3.59. The number of aryl methyl sites for hydroxylation is 1. The van der Waals surface area contributed by atoms with Gasteiger partial charge in [0.1, 0.15) is 11.3 Å². The van der Waals surface area contributed by atoms with Crippen molar-refractivity contribution in [1.29, 1.82) is 0 Å². The van der Waals surface area contributed by atoms with Crippen LogP contribution < -0.4 is 10.6 Å². The van der Waals surface area contributed by atoms with Crippen molar-refractivity contribution in [2.75, 3.05) is 19.6 Å². The number of rotatable bonds is 7. The molecule has 2 N–H and O–H groups in total. The fourth-order valence-corrected chi connectivity index (χ4v) is 2.03. The predicted octanol–water partition coefficient (Wildman–Crippen LogP) is 2.83. The molecule has 0 radical (unpaired) electrons. The van der Waals surface area contributed by atoms with Crippen LogP contribution in [0.5, 0.6) is 0 Å². The Morgan fingerprint density at radius 2 is 1.94 bits per heavy atom. The lowest BCUT2D eigenvalue weighted by atomic mass is 10.2. The Morgan fingerprint density at radius 3 is 2.78 bits per heavy atom. The fraction of sp³-hybridized carbons (Fsp3) is 0.467. The third-order valence-electron chi connectivity index (χ3n) is 2.98. The molecule has 0 bridgehead atoms. The average Bonchev–Trinajstić information content (AvgIpc) is 2.75. The summed E-state index contributed by atoms with van der Waals surface area (Å²) in [6.45, 7) is 8.17. The zero-order valence-corrected chi connectivity index (χ0v) is 11.3. The average molecular weight is 246 g/mol. The van der Waals surface area contributed by atoms with E-state index in [-0.39, 0.29) is 0 Å². The van der Waals surface area contributed by atoms with Crippen LogP contribution in [0.4, 0.5) is 0 Å². The molecule has 0 fully saturated rings.